The molecule has 0 aliphatic carbocycles. The van der Waals surface area contributed by atoms with E-state index in [1.54, 1.807) is 18.2 Å². The Hall–Kier alpha value is -2.38. The van der Waals surface area contributed by atoms with Gasteiger partial charge in [0.1, 0.15) is 11.6 Å². The number of furan rings is 1. The summed E-state index contributed by atoms with van der Waals surface area (Å²) in [7, 11) is 0. The molecule has 2 aromatic rings. The lowest BCUT2D eigenvalue weighted by Gasteiger charge is -2.22. The van der Waals surface area contributed by atoms with E-state index in [0.29, 0.717) is 37.5 Å². The average molecular weight is 334 g/mol. The second-order valence-electron chi connectivity index (χ2n) is 5.63. The van der Waals surface area contributed by atoms with Gasteiger partial charge in [-0.1, -0.05) is 0 Å². The molecule has 7 heteroatoms. The number of hydrogen-bond acceptors (Lipinski definition) is 4. The van der Waals surface area contributed by atoms with Crippen LogP contribution < -0.4 is 10.6 Å². The van der Waals surface area contributed by atoms with Crippen molar-refractivity contribution in [1.29, 1.82) is 0 Å². The molecule has 0 saturated carbocycles. The number of nitrogens with one attached hydrogen (secondary N) is 2. The first kappa shape index (κ1) is 16.5. The van der Waals surface area contributed by atoms with Crippen LogP contribution in [0.15, 0.2) is 41.0 Å². The van der Waals surface area contributed by atoms with Crippen molar-refractivity contribution in [3.05, 3.63) is 42.4 Å². The molecule has 1 aliphatic heterocycles. The van der Waals surface area contributed by atoms with E-state index in [-0.39, 0.29) is 5.69 Å². The van der Waals surface area contributed by atoms with Crippen LogP contribution in [0.3, 0.4) is 0 Å². The molecule has 128 valence electrons. The SMILES string of the molecule is CC1(CCNC(=O)Nc2cc(-c3ccco3)ccc2F)OCCO1. The van der Waals surface area contributed by atoms with E-state index in [9.17, 15) is 9.18 Å². The lowest BCUT2D eigenvalue weighted by Crippen LogP contribution is -2.35. The number of halogens is 1. The summed E-state index contributed by atoms with van der Waals surface area (Å²) in [5.41, 5.74) is 0.762. The fourth-order valence-corrected chi connectivity index (χ4v) is 2.49. The number of ether oxygens (including phenoxy) is 2. The Morgan fingerprint density at radius 2 is 2.08 bits per heavy atom. The van der Waals surface area contributed by atoms with Gasteiger partial charge in [-0.25, -0.2) is 9.18 Å². The summed E-state index contributed by atoms with van der Waals surface area (Å²) in [4.78, 5) is 11.9. The Balaban J connectivity index is 1.57. The van der Waals surface area contributed by atoms with Crippen molar-refractivity contribution in [3.8, 4) is 11.3 Å². The first-order valence-corrected chi connectivity index (χ1v) is 7.72. The second-order valence-corrected chi connectivity index (χ2v) is 5.63. The predicted molar refractivity (Wildman–Crippen MR) is 86.0 cm³/mol. The monoisotopic (exact) mass is 334 g/mol. The van der Waals surface area contributed by atoms with Crippen LogP contribution in [0.5, 0.6) is 0 Å². The molecule has 1 fully saturated rings. The molecule has 1 saturated heterocycles. The minimum Gasteiger partial charge on any atom is -0.464 e. The fourth-order valence-electron chi connectivity index (χ4n) is 2.49. The maximum absolute atomic E-state index is 13.9. The van der Waals surface area contributed by atoms with Crippen molar-refractivity contribution in [2.45, 2.75) is 19.1 Å². The van der Waals surface area contributed by atoms with Gasteiger partial charge in [-0.3, -0.25) is 0 Å². The quantitative estimate of drug-likeness (QED) is 0.879. The maximum Gasteiger partial charge on any atom is 0.319 e. The van der Waals surface area contributed by atoms with Gasteiger partial charge >= 0.3 is 6.03 Å². The molecule has 0 unspecified atom stereocenters. The average Bonchev–Trinajstić information content (AvgIpc) is 3.21. The second kappa shape index (κ2) is 7.02. The van der Waals surface area contributed by atoms with Gasteiger partial charge < -0.3 is 24.5 Å². The van der Waals surface area contributed by atoms with E-state index in [1.165, 1.54) is 18.4 Å². The van der Waals surface area contributed by atoms with E-state index < -0.39 is 17.6 Å². The molecule has 0 atom stereocenters. The van der Waals surface area contributed by atoms with E-state index in [4.69, 9.17) is 13.9 Å². The molecule has 24 heavy (non-hydrogen) atoms. The van der Waals surface area contributed by atoms with Crippen molar-refractivity contribution in [2.75, 3.05) is 25.1 Å². The third-order valence-electron chi connectivity index (χ3n) is 3.78. The van der Waals surface area contributed by atoms with Gasteiger partial charge in [0.05, 0.1) is 25.2 Å². The Bertz CT molecular complexity index is 697. The van der Waals surface area contributed by atoms with Crippen LogP contribution in [0.25, 0.3) is 11.3 Å². The molecule has 1 aliphatic rings. The van der Waals surface area contributed by atoms with Crippen molar-refractivity contribution >= 4 is 11.7 Å². The van der Waals surface area contributed by atoms with Gasteiger partial charge in [-0.05, 0) is 37.3 Å². The summed E-state index contributed by atoms with van der Waals surface area (Å²) in [5, 5.41) is 5.17. The molecular weight excluding hydrogens is 315 g/mol. The summed E-state index contributed by atoms with van der Waals surface area (Å²) < 4.78 is 30.1. The minimum absolute atomic E-state index is 0.0842. The predicted octanol–water partition coefficient (Wildman–Crippen LogP) is 3.36. The highest BCUT2D eigenvalue weighted by atomic mass is 19.1. The lowest BCUT2D eigenvalue weighted by atomic mass is 10.1. The zero-order valence-electron chi connectivity index (χ0n) is 13.3. The molecule has 1 aromatic heterocycles. The normalized spacial score (nSPS) is 16.1. The Morgan fingerprint density at radius 1 is 1.29 bits per heavy atom. The van der Waals surface area contributed by atoms with Crippen molar-refractivity contribution < 1.29 is 23.1 Å². The zero-order chi connectivity index (χ0) is 17.0. The molecule has 0 spiro atoms. The number of carbonyl (C=O) groups is 1. The molecule has 1 aromatic carbocycles. The number of benzene rings is 1. The third kappa shape index (κ3) is 3.93. The van der Waals surface area contributed by atoms with E-state index >= 15 is 0 Å². The van der Waals surface area contributed by atoms with Crippen LogP contribution in [0.1, 0.15) is 13.3 Å². The Morgan fingerprint density at radius 3 is 2.79 bits per heavy atom. The first-order valence-electron chi connectivity index (χ1n) is 7.72. The zero-order valence-corrected chi connectivity index (χ0v) is 13.3. The van der Waals surface area contributed by atoms with Gasteiger partial charge in [0.2, 0.25) is 0 Å². The summed E-state index contributed by atoms with van der Waals surface area (Å²) in [5.74, 6) is -0.589. The van der Waals surface area contributed by atoms with Crippen LogP contribution >= 0.6 is 0 Å². The minimum atomic E-state index is -0.669. The van der Waals surface area contributed by atoms with E-state index in [1.807, 2.05) is 6.92 Å². The number of anilines is 1. The van der Waals surface area contributed by atoms with Crippen molar-refractivity contribution in [2.24, 2.45) is 0 Å². The smallest absolute Gasteiger partial charge is 0.319 e. The largest absolute Gasteiger partial charge is 0.464 e. The molecule has 0 radical (unpaired) electrons. The highest BCUT2D eigenvalue weighted by molar-refractivity contribution is 5.90. The number of hydrogen-bond donors (Lipinski definition) is 2. The van der Waals surface area contributed by atoms with Crippen molar-refractivity contribution in [1.82, 2.24) is 5.32 Å². The van der Waals surface area contributed by atoms with Crippen LogP contribution in [0.2, 0.25) is 0 Å². The molecular formula is C17H19FN2O4. The third-order valence-corrected chi connectivity index (χ3v) is 3.78. The molecule has 2 heterocycles. The summed E-state index contributed by atoms with van der Waals surface area (Å²) in [6.45, 7) is 3.27. The Labute approximate surface area is 138 Å². The molecule has 3 rings (SSSR count). The van der Waals surface area contributed by atoms with Gasteiger partial charge in [-0.15, -0.1) is 0 Å². The standard InChI is InChI=1S/C17H19FN2O4/c1-17(23-9-10-24-17)6-7-19-16(21)20-14-11-12(4-5-13(14)18)15-3-2-8-22-15/h2-5,8,11H,6-7,9-10H2,1H3,(H2,19,20,21). The van der Waals surface area contributed by atoms with Crippen LogP contribution in [-0.4, -0.2) is 31.6 Å². The highest BCUT2D eigenvalue weighted by Gasteiger charge is 2.30. The number of rotatable bonds is 5. The van der Waals surface area contributed by atoms with Gasteiger partial charge in [0.15, 0.2) is 5.79 Å². The van der Waals surface area contributed by atoms with E-state index in [0.717, 1.165) is 0 Å². The summed E-state index contributed by atoms with van der Waals surface area (Å²) in [6, 6.07) is 7.41. The summed E-state index contributed by atoms with van der Waals surface area (Å²) >= 11 is 0. The van der Waals surface area contributed by atoms with Crippen molar-refractivity contribution in [3.63, 3.8) is 0 Å². The number of urea groups is 1. The summed E-state index contributed by atoms with van der Waals surface area (Å²) in [6.07, 6.45) is 2.04. The van der Waals surface area contributed by atoms with Crippen LogP contribution in [0.4, 0.5) is 14.9 Å². The van der Waals surface area contributed by atoms with Gasteiger partial charge in [-0.2, -0.15) is 0 Å². The van der Waals surface area contributed by atoms with Crippen LogP contribution in [-0.2, 0) is 9.47 Å². The van der Waals surface area contributed by atoms with Crippen LogP contribution in [0, 0.1) is 5.82 Å². The topological polar surface area (TPSA) is 72.7 Å². The fraction of sp³-hybridized carbons (Fsp3) is 0.353. The Kier molecular flexibility index (Phi) is 4.82. The molecule has 0 bridgehead atoms. The van der Waals surface area contributed by atoms with E-state index in [2.05, 4.69) is 10.6 Å². The van der Waals surface area contributed by atoms with Gasteiger partial charge in [0, 0.05) is 18.5 Å². The molecule has 2 amide bonds. The maximum atomic E-state index is 13.9. The number of amides is 2. The number of carbonyl (C=O) groups excluding carboxylic acids is 1. The molecule has 2 N–H and O–H groups in total. The van der Waals surface area contributed by atoms with Gasteiger partial charge in [0.25, 0.3) is 0 Å². The molecule has 6 nitrogen and oxygen atoms in total. The highest BCUT2D eigenvalue weighted by Crippen LogP contribution is 2.25. The first-order chi connectivity index (χ1) is 11.6. The lowest BCUT2D eigenvalue weighted by molar-refractivity contribution is -0.145.